The lowest BCUT2D eigenvalue weighted by molar-refractivity contribution is -0.162. The van der Waals surface area contributed by atoms with Gasteiger partial charge in [-0.25, -0.2) is 9.80 Å². The predicted molar refractivity (Wildman–Crippen MR) is 143 cm³/mol. The number of benzene rings is 3. The first-order valence-electron chi connectivity index (χ1n) is 11.4. The minimum Gasteiger partial charge on any atom is -0.423 e. The molecule has 3 amide bonds. The third kappa shape index (κ3) is 6.30. The molecule has 0 atom stereocenters. The molecule has 1 fully saturated rings. The SMILES string of the molecule is O=C(CN(C(=O)c1ccc(Cl)c(Cl)c1)N1C(=O)CCCC1=O)c1ccc(OC(=O)c2ccc(Br)cc2)cc1. The molecule has 11 heteroatoms. The van der Waals surface area contributed by atoms with Crippen molar-refractivity contribution in [1.29, 1.82) is 0 Å². The second-order valence-corrected chi connectivity index (χ2v) is 10.0. The van der Waals surface area contributed by atoms with Gasteiger partial charge in [-0.1, -0.05) is 39.1 Å². The third-order valence-corrected chi connectivity index (χ3v) is 6.92. The zero-order chi connectivity index (χ0) is 27.4. The number of hydrogen-bond donors (Lipinski definition) is 0. The minimum atomic E-state index is -0.763. The van der Waals surface area contributed by atoms with Crippen LogP contribution in [-0.2, 0) is 9.59 Å². The summed E-state index contributed by atoms with van der Waals surface area (Å²) in [4.78, 5) is 64.1. The number of amides is 3. The number of imide groups is 1. The molecule has 3 aromatic carbocycles. The van der Waals surface area contributed by atoms with E-state index in [0.29, 0.717) is 12.0 Å². The molecule has 0 aromatic heterocycles. The van der Waals surface area contributed by atoms with Crippen molar-refractivity contribution in [3.8, 4) is 5.75 Å². The van der Waals surface area contributed by atoms with Crippen LogP contribution >= 0.6 is 39.1 Å². The van der Waals surface area contributed by atoms with Gasteiger partial charge >= 0.3 is 5.97 Å². The van der Waals surface area contributed by atoms with Gasteiger partial charge < -0.3 is 4.74 Å². The molecule has 1 heterocycles. The van der Waals surface area contributed by atoms with Gasteiger partial charge in [-0.05, 0) is 73.2 Å². The van der Waals surface area contributed by atoms with Crippen molar-refractivity contribution < 1.29 is 28.7 Å². The Morgan fingerprint density at radius 3 is 2.00 bits per heavy atom. The van der Waals surface area contributed by atoms with Gasteiger partial charge in [-0.3, -0.25) is 19.2 Å². The van der Waals surface area contributed by atoms with E-state index in [1.165, 1.54) is 42.5 Å². The lowest BCUT2D eigenvalue weighted by Crippen LogP contribution is -2.56. The standard InChI is InChI=1S/C27H19BrCl2N2O6/c28-19-9-4-17(5-10-19)27(37)38-20-11-6-16(7-12-20)23(33)15-31(32-24(34)2-1-3-25(32)35)26(36)18-8-13-21(29)22(30)14-18/h4-14H,1-3,15H2. The summed E-state index contributed by atoms with van der Waals surface area (Å²) in [5.74, 6) is -2.84. The molecule has 0 saturated carbocycles. The number of rotatable bonds is 7. The number of halogens is 3. The number of ether oxygens (including phenoxy) is 1. The Balaban J connectivity index is 1.54. The highest BCUT2D eigenvalue weighted by atomic mass is 79.9. The zero-order valence-electron chi connectivity index (χ0n) is 19.7. The van der Waals surface area contributed by atoms with E-state index in [1.807, 2.05) is 0 Å². The summed E-state index contributed by atoms with van der Waals surface area (Å²) in [7, 11) is 0. The van der Waals surface area contributed by atoms with Crippen molar-refractivity contribution >= 4 is 68.6 Å². The summed E-state index contributed by atoms with van der Waals surface area (Å²) in [5.41, 5.74) is 0.575. The van der Waals surface area contributed by atoms with Gasteiger partial charge in [-0.2, -0.15) is 5.01 Å². The van der Waals surface area contributed by atoms with E-state index in [9.17, 15) is 24.0 Å². The van der Waals surface area contributed by atoms with Crippen LogP contribution in [0.15, 0.2) is 71.2 Å². The molecule has 38 heavy (non-hydrogen) atoms. The predicted octanol–water partition coefficient (Wildman–Crippen LogP) is 5.75. The van der Waals surface area contributed by atoms with Gasteiger partial charge in [0.1, 0.15) is 12.3 Å². The summed E-state index contributed by atoms with van der Waals surface area (Å²) >= 11 is 15.3. The number of piperidine rings is 1. The van der Waals surface area contributed by atoms with E-state index in [2.05, 4.69) is 15.9 Å². The van der Waals surface area contributed by atoms with Crippen LogP contribution in [-0.4, -0.2) is 46.0 Å². The number of hydrogen-bond acceptors (Lipinski definition) is 6. The molecule has 1 aliphatic heterocycles. The number of esters is 1. The molecule has 0 radical (unpaired) electrons. The van der Waals surface area contributed by atoms with Gasteiger partial charge in [0.2, 0.25) is 11.8 Å². The fourth-order valence-electron chi connectivity index (χ4n) is 3.71. The first-order chi connectivity index (χ1) is 18.1. The van der Waals surface area contributed by atoms with E-state index in [4.69, 9.17) is 27.9 Å². The average molecular weight is 618 g/mol. The van der Waals surface area contributed by atoms with Crippen molar-refractivity contribution in [3.05, 3.63) is 97.9 Å². The molecule has 1 saturated heterocycles. The van der Waals surface area contributed by atoms with Crippen molar-refractivity contribution in [1.82, 2.24) is 10.0 Å². The van der Waals surface area contributed by atoms with Crippen molar-refractivity contribution in [2.24, 2.45) is 0 Å². The minimum absolute atomic E-state index is 0.0496. The maximum absolute atomic E-state index is 13.4. The van der Waals surface area contributed by atoms with Crippen molar-refractivity contribution in [2.45, 2.75) is 19.3 Å². The summed E-state index contributed by atoms with van der Waals surface area (Å²) < 4.78 is 6.16. The summed E-state index contributed by atoms with van der Waals surface area (Å²) in [6.07, 6.45) is 0.477. The van der Waals surface area contributed by atoms with Crippen LogP contribution in [0.2, 0.25) is 10.0 Å². The number of ketones is 1. The van der Waals surface area contributed by atoms with Gasteiger partial charge in [0.15, 0.2) is 5.78 Å². The molecular weight excluding hydrogens is 599 g/mol. The Morgan fingerprint density at radius 2 is 1.39 bits per heavy atom. The van der Waals surface area contributed by atoms with Gasteiger partial charge in [0.05, 0.1) is 15.6 Å². The first-order valence-corrected chi connectivity index (χ1v) is 12.9. The fourth-order valence-corrected chi connectivity index (χ4v) is 4.27. The van der Waals surface area contributed by atoms with Crippen LogP contribution in [0.4, 0.5) is 0 Å². The molecule has 4 rings (SSSR count). The quantitative estimate of drug-likeness (QED) is 0.145. The van der Waals surface area contributed by atoms with Crippen molar-refractivity contribution in [3.63, 3.8) is 0 Å². The summed E-state index contributed by atoms with van der Waals surface area (Å²) in [6.45, 7) is -0.589. The topological polar surface area (TPSA) is 101 Å². The molecule has 0 spiro atoms. The Labute approximate surface area is 236 Å². The highest BCUT2D eigenvalue weighted by molar-refractivity contribution is 9.10. The normalized spacial score (nSPS) is 13.3. The average Bonchev–Trinajstić information content (AvgIpc) is 2.89. The largest absolute Gasteiger partial charge is 0.423 e. The number of carbonyl (C=O) groups is 5. The van der Waals surface area contributed by atoms with Crippen LogP contribution in [0, 0.1) is 0 Å². The molecule has 194 valence electrons. The first kappa shape index (κ1) is 27.5. The van der Waals surface area contributed by atoms with Crippen LogP contribution in [0.1, 0.15) is 50.3 Å². The van der Waals surface area contributed by atoms with Crippen LogP contribution in [0.3, 0.4) is 0 Å². The lowest BCUT2D eigenvalue weighted by Gasteiger charge is -2.35. The Morgan fingerprint density at radius 1 is 0.816 bits per heavy atom. The van der Waals surface area contributed by atoms with Crippen molar-refractivity contribution in [2.75, 3.05) is 6.54 Å². The highest BCUT2D eigenvalue weighted by Crippen LogP contribution is 2.25. The number of Topliss-reactive ketones (excluding diaryl/α,β-unsaturated/α-hetero) is 1. The summed E-state index contributed by atoms with van der Waals surface area (Å²) in [6, 6.07) is 16.5. The van der Waals surface area contributed by atoms with Crippen LogP contribution < -0.4 is 4.74 Å². The number of carbonyl (C=O) groups excluding carboxylic acids is 5. The summed E-state index contributed by atoms with van der Waals surface area (Å²) in [5, 5.41) is 1.87. The molecule has 0 N–H and O–H groups in total. The van der Waals surface area contributed by atoms with Crippen LogP contribution in [0.5, 0.6) is 5.75 Å². The van der Waals surface area contributed by atoms with E-state index in [1.54, 1.807) is 24.3 Å². The molecule has 3 aromatic rings. The van der Waals surface area contributed by atoms with E-state index < -0.39 is 36.0 Å². The number of hydrazine groups is 1. The molecule has 0 bridgehead atoms. The maximum atomic E-state index is 13.4. The van der Waals surface area contributed by atoms with Gasteiger partial charge in [0, 0.05) is 28.4 Å². The van der Waals surface area contributed by atoms with E-state index in [0.717, 1.165) is 14.5 Å². The fraction of sp³-hybridized carbons (Fsp3) is 0.148. The lowest BCUT2D eigenvalue weighted by atomic mass is 10.1. The third-order valence-electron chi connectivity index (χ3n) is 5.66. The van der Waals surface area contributed by atoms with Crippen LogP contribution in [0.25, 0.3) is 0 Å². The number of nitrogens with zero attached hydrogens (tertiary/aromatic N) is 2. The zero-order valence-corrected chi connectivity index (χ0v) is 22.8. The second kappa shape index (κ2) is 11.9. The van der Waals surface area contributed by atoms with E-state index in [-0.39, 0.29) is 39.8 Å². The maximum Gasteiger partial charge on any atom is 0.343 e. The molecule has 0 aliphatic carbocycles. The monoisotopic (exact) mass is 616 g/mol. The molecule has 0 unspecified atom stereocenters. The van der Waals surface area contributed by atoms with E-state index >= 15 is 0 Å². The molecule has 1 aliphatic rings. The Bertz CT molecular complexity index is 1410. The van der Waals surface area contributed by atoms with Gasteiger partial charge in [0.25, 0.3) is 5.91 Å². The smallest absolute Gasteiger partial charge is 0.343 e. The molecular formula is C27H19BrCl2N2O6. The highest BCUT2D eigenvalue weighted by Gasteiger charge is 2.36. The molecule has 8 nitrogen and oxygen atoms in total. The second-order valence-electron chi connectivity index (χ2n) is 8.29. The Kier molecular flexibility index (Phi) is 8.61. The van der Waals surface area contributed by atoms with Gasteiger partial charge in [-0.15, -0.1) is 0 Å². The Hall–Kier alpha value is -3.53.